The van der Waals surface area contributed by atoms with E-state index < -0.39 is 6.10 Å². The van der Waals surface area contributed by atoms with E-state index in [9.17, 15) is 9.50 Å². The van der Waals surface area contributed by atoms with Gasteiger partial charge in [0.15, 0.2) is 0 Å². The van der Waals surface area contributed by atoms with Crippen LogP contribution in [0.2, 0.25) is 0 Å². The maximum absolute atomic E-state index is 12.8. The molecule has 2 fully saturated rings. The molecule has 0 amide bonds. The van der Waals surface area contributed by atoms with Crippen molar-refractivity contribution in [1.82, 2.24) is 4.90 Å². The zero-order chi connectivity index (χ0) is 11.8. The van der Waals surface area contributed by atoms with Crippen LogP contribution < -0.4 is 0 Å². The van der Waals surface area contributed by atoms with Gasteiger partial charge in [-0.3, -0.25) is 4.90 Å². The Morgan fingerprint density at radius 3 is 2.65 bits per heavy atom. The highest BCUT2D eigenvalue weighted by Crippen LogP contribution is 2.38. The summed E-state index contributed by atoms with van der Waals surface area (Å²) in [7, 11) is 0. The standard InChI is InChI=1S/C14H18FNO/c15-12-4-2-11(3-5-12)14(17)9-16-8-10-1-6-13(16)7-10/h2-5,10,13-14,17H,1,6-9H2. The van der Waals surface area contributed by atoms with Gasteiger partial charge in [0, 0.05) is 19.1 Å². The van der Waals surface area contributed by atoms with Gasteiger partial charge in [-0.25, -0.2) is 4.39 Å². The Balaban J connectivity index is 1.63. The summed E-state index contributed by atoms with van der Waals surface area (Å²) in [5, 5.41) is 10.1. The summed E-state index contributed by atoms with van der Waals surface area (Å²) < 4.78 is 12.8. The third-order valence-electron chi connectivity index (χ3n) is 4.18. The lowest BCUT2D eigenvalue weighted by Crippen LogP contribution is -2.35. The zero-order valence-electron chi connectivity index (χ0n) is 9.85. The van der Waals surface area contributed by atoms with Crippen LogP contribution in [0, 0.1) is 11.7 Å². The number of benzene rings is 1. The van der Waals surface area contributed by atoms with Crippen LogP contribution in [0.1, 0.15) is 30.9 Å². The highest BCUT2D eigenvalue weighted by molar-refractivity contribution is 5.19. The molecule has 2 nitrogen and oxygen atoms in total. The van der Waals surface area contributed by atoms with Crippen LogP contribution in [0.25, 0.3) is 0 Å². The number of nitrogens with zero attached hydrogens (tertiary/aromatic N) is 1. The Morgan fingerprint density at radius 1 is 1.29 bits per heavy atom. The molecule has 17 heavy (non-hydrogen) atoms. The summed E-state index contributed by atoms with van der Waals surface area (Å²) >= 11 is 0. The predicted molar refractivity (Wildman–Crippen MR) is 64.1 cm³/mol. The van der Waals surface area contributed by atoms with Crippen LogP contribution in [0.15, 0.2) is 24.3 Å². The van der Waals surface area contributed by atoms with Crippen molar-refractivity contribution in [2.75, 3.05) is 13.1 Å². The second-order valence-corrected chi connectivity index (χ2v) is 5.35. The number of hydrogen-bond acceptors (Lipinski definition) is 2. The lowest BCUT2D eigenvalue weighted by Gasteiger charge is -2.28. The molecule has 1 saturated carbocycles. The molecule has 2 aliphatic rings. The normalized spacial score (nSPS) is 29.8. The second kappa shape index (κ2) is 4.39. The van der Waals surface area contributed by atoms with Crippen molar-refractivity contribution in [2.24, 2.45) is 5.92 Å². The molecule has 1 aliphatic carbocycles. The molecule has 3 atom stereocenters. The van der Waals surface area contributed by atoms with Gasteiger partial charge in [0.25, 0.3) is 0 Å². The molecule has 3 rings (SSSR count). The van der Waals surface area contributed by atoms with Crippen molar-refractivity contribution in [3.05, 3.63) is 35.6 Å². The van der Waals surface area contributed by atoms with E-state index >= 15 is 0 Å². The molecule has 1 aromatic rings. The van der Waals surface area contributed by atoms with Crippen molar-refractivity contribution in [2.45, 2.75) is 31.4 Å². The fourth-order valence-corrected chi connectivity index (χ4v) is 3.26. The minimum Gasteiger partial charge on any atom is -0.387 e. The molecule has 3 unspecified atom stereocenters. The van der Waals surface area contributed by atoms with Crippen molar-refractivity contribution in [3.8, 4) is 0 Å². The van der Waals surface area contributed by atoms with Gasteiger partial charge in [-0.1, -0.05) is 12.1 Å². The van der Waals surface area contributed by atoms with E-state index in [1.54, 1.807) is 12.1 Å². The predicted octanol–water partition coefficient (Wildman–Crippen LogP) is 2.34. The van der Waals surface area contributed by atoms with E-state index in [0.717, 1.165) is 18.0 Å². The number of hydrogen-bond donors (Lipinski definition) is 1. The molecule has 1 heterocycles. The number of likely N-dealkylation sites (tertiary alicyclic amines) is 1. The minimum atomic E-state index is -0.491. The summed E-state index contributed by atoms with van der Waals surface area (Å²) in [6.07, 6.45) is 3.44. The average Bonchev–Trinajstić information content (AvgIpc) is 2.91. The fraction of sp³-hybridized carbons (Fsp3) is 0.571. The van der Waals surface area contributed by atoms with Crippen molar-refractivity contribution < 1.29 is 9.50 Å². The summed E-state index contributed by atoms with van der Waals surface area (Å²) in [6, 6.07) is 6.85. The van der Waals surface area contributed by atoms with E-state index in [4.69, 9.17) is 0 Å². The monoisotopic (exact) mass is 235 g/mol. The first kappa shape index (κ1) is 11.2. The quantitative estimate of drug-likeness (QED) is 0.869. The molecule has 1 N–H and O–H groups in total. The fourth-order valence-electron chi connectivity index (χ4n) is 3.26. The first-order valence-electron chi connectivity index (χ1n) is 6.40. The average molecular weight is 235 g/mol. The van der Waals surface area contributed by atoms with Crippen LogP contribution in [0.5, 0.6) is 0 Å². The molecular weight excluding hydrogens is 217 g/mol. The minimum absolute atomic E-state index is 0.249. The first-order chi connectivity index (χ1) is 8.22. The molecule has 92 valence electrons. The number of aliphatic hydroxyl groups is 1. The molecule has 0 radical (unpaired) electrons. The van der Waals surface area contributed by atoms with Crippen LogP contribution in [-0.2, 0) is 0 Å². The number of halogens is 1. The molecule has 2 bridgehead atoms. The Hall–Kier alpha value is -0.930. The van der Waals surface area contributed by atoms with Gasteiger partial charge in [-0.2, -0.15) is 0 Å². The van der Waals surface area contributed by atoms with E-state index in [0.29, 0.717) is 12.6 Å². The Morgan fingerprint density at radius 2 is 2.06 bits per heavy atom. The highest BCUT2D eigenvalue weighted by Gasteiger charge is 2.38. The molecule has 1 aliphatic heterocycles. The van der Waals surface area contributed by atoms with Gasteiger partial charge in [0.1, 0.15) is 5.82 Å². The summed E-state index contributed by atoms with van der Waals surface area (Å²) in [5.74, 6) is 0.599. The van der Waals surface area contributed by atoms with E-state index in [2.05, 4.69) is 4.90 Å². The third kappa shape index (κ3) is 2.22. The number of aliphatic hydroxyl groups excluding tert-OH is 1. The maximum Gasteiger partial charge on any atom is 0.123 e. The van der Waals surface area contributed by atoms with Gasteiger partial charge in [0.2, 0.25) is 0 Å². The second-order valence-electron chi connectivity index (χ2n) is 5.35. The van der Waals surface area contributed by atoms with Crippen LogP contribution in [0.4, 0.5) is 4.39 Å². The van der Waals surface area contributed by atoms with Gasteiger partial charge in [0.05, 0.1) is 6.10 Å². The van der Waals surface area contributed by atoms with Crippen molar-refractivity contribution in [1.29, 1.82) is 0 Å². The van der Waals surface area contributed by atoms with Crippen LogP contribution in [-0.4, -0.2) is 29.1 Å². The van der Waals surface area contributed by atoms with Gasteiger partial charge in [-0.05, 0) is 42.9 Å². The van der Waals surface area contributed by atoms with E-state index in [-0.39, 0.29) is 5.82 Å². The Labute approximate surface area is 101 Å². The number of piperidine rings is 1. The first-order valence-corrected chi connectivity index (χ1v) is 6.40. The van der Waals surface area contributed by atoms with E-state index in [1.165, 1.54) is 31.4 Å². The molecular formula is C14H18FNO. The number of fused-ring (bicyclic) bond motifs is 2. The summed E-state index contributed by atoms with van der Waals surface area (Å²) in [4.78, 5) is 2.39. The van der Waals surface area contributed by atoms with Gasteiger partial charge in [-0.15, -0.1) is 0 Å². The molecule has 0 spiro atoms. The van der Waals surface area contributed by atoms with Gasteiger partial charge >= 0.3 is 0 Å². The number of rotatable bonds is 3. The van der Waals surface area contributed by atoms with E-state index in [1.807, 2.05) is 0 Å². The zero-order valence-corrected chi connectivity index (χ0v) is 9.85. The van der Waals surface area contributed by atoms with Crippen molar-refractivity contribution in [3.63, 3.8) is 0 Å². The molecule has 1 saturated heterocycles. The molecule has 0 aromatic heterocycles. The summed E-state index contributed by atoms with van der Waals surface area (Å²) in [5.41, 5.74) is 0.814. The lowest BCUT2D eigenvalue weighted by molar-refractivity contribution is 0.0946. The lowest BCUT2D eigenvalue weighted by atomic mass is 10.1. The highest BCUT2D eigenvalue weighted by atomic mass is 19.1. The number of β-amino-alcohol motifs (C(OH)–C–C–N with tert-alkyl or cyclic N) is 1. The summed E-state index contributed by atoms with van der Waals surface area (Å²) in [6.45, 7) is 1.82. The van der Waals surface area contributed by atoms with Crippen molar-refractivity contribution >= 4 is 0 Å². The van der Waals surface area contributed by atoms with Crippen LogP contribution in [0.3, 0.4) is 0 Å². The Kier molecular flexibility index (Phi) is 2.89. The molecule has 3 heteroatoms. The van der Waals surface area contributed by atoms with Crippen LogP contribution >= 0.6 is 0 Å². The SMILES string of the molecule is OC(CN1CC2CCC1C2)c1ccc(F)cc1. The van der Waals surface area contributed by atoms with Gasteiger partial charge < -0.3 is 5.11 Å². The maximum atomic E-state index is 12.8. The Bertz CT molecular complexity index is 392. The smallest absolute Gasteiger partial charge is 0.123 e. The third-order valence-corrected chi connectivity index (χ3v) is 4.18. The largest absolute Gasteiger partial charge is 0.387 e. The topological polar surface area (TPSA) is 23.5 Å². The molecule has 1 aromatic carbocycles.